The summed E-state index contributed by atoms with van der Waals surface area (Å²) < 4.78 is 2.13. The van der Waals surface area contributed by atoms with Crippen molar-refractivity contribution >= 4 is 40.8 Å². The van der Waals surface area contributed by atoms with Gasteiger partial charge in [0.2, 0.25) is 0 Å². The highest BCUT2D eigenvalue weighted by atomic mass is 127. The van der Waals surface area contributed by atoms with Gasteiger partial charge in [-0.2, -0.15) is 0 Å². The van der Waals surface area contributed by atoms with E-state index in [4.69, 9.17) is 0 Å². The standard InChI is InChI=1S/C19H23N5.HI/c1-20-19(24(3)14-16-7-6-12-23(16)2)22-13-15-10-11-21-18-9-5-4-8-17(15)18;/h4-12H,13-14H2,1-3H3,(H,20,22);1H. The molecule has 0 atom stereocenters. The van der Waals surface area contributed by atoms with Crippen molar-refractivity contribution in [3.8, 4) is 0 Å². The van der Waals surface area contributed by atoms with E-state index in [1.54, 1.807) is 0 Å². The lowest BCUT2D eigenvalue weighted by Gasteiger charge is -2.22. The average molecular weight is 449 g/mol. The van der Waals surface area contributed by atoms with Crippen LogP contribution < -0.4 is 5.32 Å². The predicted molar refractivity (Wildman–Crippen MR) is 114 cm³/mol. The number of hydrogen-bond donors (Lipinski definition) is 1. The largest absolute Gasteiger partial charge is 0.353 e. The van der Waals surface area contributed by atoms with Crippen LogP contribution in [0, 0.1) is 0 Å². The second-order valence-electron chi connectivity index (χ2n) is 5.85. The van der Waals surface area contributed by atoms with Crippen molar-refractivity contribution in [2.24, 2.45) is 12.0 Å². The van der Waals surface area contributed by atoms with E-state index in [9.17, 15) is 0 Å². The Morgan fingerprint density at radius 3 is 2.72 bits per heavy atom. The number of aliphatic imine (C=N–C) groups is 1. The minimum absolute atomic E-state index is 0. The highest BCUT2D eigenvalue weighted by Gasteiger charge is 2.09. The summed E-state index contributed by atoms with van der Waals surface area (Å²) in [6, 6.07) is 14.4. The van der Waals surface area contributed by atoms with Gasteiger partial charge in [-0.05, 0) is 29.8 Å². The number of nitrogens with one attached hydrogen (secondary N) is 1. The number of guanidine groups is 1. The molecule has 2 heterocycles. The maximum Gasteiger partial charge on any atom is 0.194 e. The first-order valence-electron chi connectivity index (χ1n) is 8.03. The number of halogens is 1. The SMILES string of the molecule is CN=C(NCc1ccnc2ccccc12)N(C)Cc1cccn1C.I. The van der Waals surface area contributed by atoms with Gasteiger partial charge in [-0.15, -0.1) is 24.0 Å². The molecule has 3 aromatic rings. The molecule has 5 nitrogen and oxygen atoms in total. The summed E-state index contributed by atoms with van der Waals surface area (Å²) in [4.78, 5) is 10.9. The number of aryl methyl sites for hydroxylation is 1. The number of para-hydroxylation sites is 1. The fourth-order valence-electron chi connectivity index (χ4n) is 2.85. The van der Waals surface area contributed by atoms with E-state index in [1.807, 2.05) is 38.5 Å². The molecule has 132 valence electrons. The summed E-state index contributed by atoms with van der Waals surface area (Å²) >= 11 is 0. The van der Waals surface area contributed by atoms with E-state index >= 15 is 0 Å². The Labute approximate surface area is 165 Å². The van der Waals surface area contributed by atoms with Crippen molar-refractivity contribution in [3.63, 3.8) is 0 Å². The van der Waals surface area contributed by atoms with E-state index in [2.05, 4.69) is 62.3 Å². The highest BCUT2D eigenvalue weighted by Crippen LogP contribution is 2.16. The van der Waals surface area contributed by atoms with Crippen LogP contribution in [-0.2, 0) is 20.1 Å². The molecule has 0 radical (unpaired) electrons. The number of nitrogens with zero attached hydrogens (tertiary/aromatic N) is 4. The number of hydrogen-bond acceptors (Lipinski definition) is 2. The molecule has 0 saturated heterocycles. The molecule has 0 bridgehead atoms. The third-order valence-electron chi connectivity index (χ3n) is 4.20. The van der Waals surface area contributed by atoms with Gasteiger partial charge in [-0.25, -0.2) is 0 Å². The van der Waals surface area contributed by atoms with Crippen molar-refractivity contribution < 1.29 is 0 Å². The van der Waals surface area contributed by atoms with E-state index in [-0.39, 0.29) is 24.0 Å². The van der Waals surface area contributed by atoms with Gasteiger partial charge in [0.15, 0.2) is 5.96 Å². The van der Waals surface area contributed by atoms with Crippen molar-refractivity contribution in [1.29, 1.82) is 0 Å². The third-order valence-corrected chi connectivity index (χ3v) is 4.20. The molecule has 0 aliphatic carbocycles. The maximum absolute atomic E-state index is 4.41. The third kappa shape index (κ3) is 4.50. The van der Waals surface area contributed by atoms with Gasteiger partial charge in [-0.3, -0.25) is 9.98 Å². The summed E-state index contributed by atoms with van der Waals surface area (Å²) in [7, 11) is 5.92. The molecule has 1 aromatic carbocycles. The van der Waals surface area contributed by atoms with Crippen molar-refractivity contribution in [1.82, 2.24) is 19.8 Å². The van der Waals surface area contributed by atoms with Gasteiger partial charge >= 0.3 is 0 Å². The average Bonchev–Trinajstić information content (AvgIpc) is 3.00. The lowest BCUT2D eigenvalue weighted by Crippen LogP contribution is -2.38. The van der Waals surface area contributed by atoms with E-state index in [1.165, 1.54) is 16.6 Å². The zero-order valence-electron chi connectivity index (χ0n) is 14.8. The first kappa shape index (κ1) is 19.2. The number of fused-ring (bicyclic) bond motifs is 1. The number of benzene rings is 1. The quantitative estimate of drug-likeness (QED) is 0.378. The van der Waals surface area contributed by atoms with E-state index < -0.39 is 0 Å². The Morgan fingerprint density at radius 1 is 1.20 bits per heavy atom. The van der Waals surface area contributed by atoms with Gasteiger partial charge in [0.05, 0.1) is 12.1 Å². The summed E-state index contributed by atoms with van der Waals surface area (Å²) in [6.07, 6.45) is 3.91. The van der Waals surface area contributed by atoms with Crippen LogP contribution in [0.15, 0.2) is 59.9 Å². The molecule has 0 aliphatic rings. The van der Waals surface area contributed by atoms with E-state index in [0.717, 1.165) is 18.0 Å². The molecule has 0 fully saturated rings. The molecule has 0 saturated carbocycles. The minimum Gasteiger partial charge on any atom is -0.353 e. The van der Waals surface area contributed by atoms with Crippen molar-refractivity contribution in [2.45, 2.75) is 13.1 Å². The number of pyridine rings is 1. The van der Waals surface area contributed by atoms with Crippen molar-refractivity contribution in [2.75, 3.05) is 14.1 Å². The summed E-state index contributed by atoms with van der Waals surface area (Å²) in [5, 5.41) is 4.62. The molecular weight excluding hydrogens is 425 g/mol. The van der Waals surface area contributed by atoms with Crippen molar-refractivity contribution in [3.05, 3.63) is 66.1 Å². The maximum atomic E-state index is 4.41. The number of aromatic nitrogens is 2. The molecule has 6 heteroatoms. The van der Waals surface area contributed by atoms with Crippen LogP contribution in [-0.4, -0.2) is 34.5 Å². The van der Waals surface area contributed by atoms with Gasteiger partial charge < -0.3 is 14.8 Å². The second kappa shape index (κ2) is 8.84. The fraction of sp³-hybridized carbons (Fsp3) is 0.263. The molecule has 1 N–H and O–H groups in total. The Kier molecular flexibility index (Phi) is 6.81. The van der Waals surface area contributed by atoms with Gasteiger partial charge in [0.1, 0.15) is 0 Å². The van der Waals surface area contributed by atoms with Gasteiger partial charge in [-0.1, -0.05) is 18.2 Å². The van der Waals surface area contributed by atoms with Crippen LogP contribution in [0.1, 0.15) is 11.3 Å². The Hall–Kier alpha value is -2.09. The molecule has 0 spiro atoms. The summed E-state index contributed by atoms with van der Waals surface area (Å²) in [6.45, 7) is 1.52. The molecule has 0 amide bonds. The van der Waals surface area contributed by atoms with Crippen LogP contribution in [0.5, 0.6) is 0 Å². The lowest BCUT2D eigenvalue weighted by atomic mass is 10.1. The zero-order valence-corrected chi connectivity index (χ0v) is 17.1. The van der Waals surface area contributed by atoms with Crippen LogP contribution in [0.2, 0.25) is 0 Å². The minimum atomic E-state index is 0. The predicted octanol–water partition coefficient (Wildman–Crippen LogP) is 3.40. The Morgan fingerprint density at radius 2 is 2.00 bits per heavy atom. The molecule has 2 aromatic heterocycles. The first-order chi connectivity index (χ1) is 11.7. The van der Waals surface area contributed by atoms with Gasteiger partial charge in [0, 0.05) is 51.2 Å². The molecule has 3 rings (SSSR count). The fourth-order valence-corrected chi connectivity index (χ4v) is 2.85. The van der Waals surface area contributed by atoms with E-state index in [0.29, 0.717) is 6.54 Å². The van der Waals surface area contributed by atoms with Crippen LogP contribution >= 0.6 is 24.0 Å². The molecule has 0 unspecified atom stereocenters. The smallest absolute Gasteiger partial charge is 0.194 e. The van der Waals surface area contributed by atoms with Gasteiger partial charge in [0.25, 0.3) is 0 Å². The molecule has 25 heavy (non-hydrogen) atoms. The second-order valence-corrected chi connectivity index (χ2v) is 5.85. The van der Waals surface area contributed by atoms with Crippen LogP contribution in [0.3, 0.4) is 0 Å². The first-order valence-corrected chi connectivity index (χ1v) is 8.03. The lowest BCUT2D eigenvalue weighted by molar-refractivity contribution is 0.462. The normalized spacial score (nSPS) is 11.2. The molecule has 0 aliphatic heterocycles. The van der Waals surface area contributed by atoms with Crippen LogP contribution in [0.25, 0.3) is 10.9 Å². The Balaban J connectivity index is 0.00000225. The molecular formula is C19H24IN5. The summed E-state index contributed by atoms with van der Waals surface area (Å²) in [5.41, 5.74) is 3.48. The highest BCUT2D eigenvalue weighted by molar-refractivity contribution is 14.0. The number of rotatable bonds is 4. The monoisotopic (exact) mass is 449 g/mol. The Bertz CT molecular complexity index is 850. The summed E-state index contributed by atoms with van der Waals surface area (Å²) in [5.74, 6) is 0.872. The zero-order chi connectivity index (χ0) is 16.9. The topological polar surface area (TPSA) is 45.5 Å². The van der Waals surface area contributed by atoms with Crippen LogP contribution in [0.4, 0.5) is 0 Å².